The van der Waals surface area contributed by atoms with Crippen LogP contribution in [0.3, 0.4) is 0 Å². The van der Waals surface area contributed by atoms with Crippen molar-refractivity contribution in [3.05, 3.63) is 29.3 Å². The molecule has 1 aromatic rings. The SMILES string of the molecule is O=C(NCCC1CCNC1)c1cc(N2CCCC2=O)cc(C(F)(F)F)c1. The number of alkyl halides is 3. The molecule has 2 aliphatic heterocycles. The zero-order valence-corrected chi connectivity index (χ0v) is 14.4. The largest absolute Gasteiger partial charge is 0.416 e. The second-order valence-corrected chi connectivity index (χ2v) is 6.82. The molecule has 2 saturated heterocycles. The van der Waals surface area contributed by atoms with Crippen molar-refractivity contribution in [1.29, 1.82) is 0 Å². The fraction of sp³-hybridized carbons (Fsp3) is 0.556. The van der Waals surface area contributed by atoms with Gasteiger partial charge in [0.2, 0.25) is 5.91 Å². The number of amides is 2. The molecule has 2 fully saturated rings. The Morgan fingerprint density at radius 3 is 2.73 bits per heavy atom. The average molecular weight is 369 g/mol. The van der Waals surface area contributed by atoms with Gasteiger partial charge in [-0.05, 0) is 56.5 Å². The van der Waals surface area contributed by atoms with Crippen molar-refractivity contribution in [2.75, 3.05) is 31.1 Å². The molecule has 0 bridgehead atoms. The van der Waals surface area contributed by atoms with E-state index in [1.165, 1.54) is 11.0 Å². The number of hydrogen-bond donors (Lipinski definition) is 2. The van der Waals surface area contributed by atoms with E-state index >= 15 is 0 Å². The van der Waals surface area contributed by atoms with Crippen LogP contribution in [0.2, 0.25) is 0 Å². The zero-order valence-electron chi connectivity index (χ0n) is 14.4. The van der Waals surface area contributed by atoms with Crippen LogP contribution in [-0.4, -0.2) is 38.0 Å². The summed E-state index contributed by atoms with van der Waals surface area (Å²) in [5.74, 6) is -0.283. The molecule has 1 unspecified atom stereocenters. The van der Waals surface area contributed by atoms with Gasteiger partial charge in [0.05, 0.1) is 5.56 Å². The zero-order chi connectivity index (χ0) is 18.7. The van der Waals surface area contributed by atoms with Crippen molar-refractivity contribution in [2.45, 2.75) is 31.9 Å². The highest BCUT2D eigenvalue weighted by atomic mass is 19.4. The average Bonchev–Trinajstić information content (AvgIpc) is 3.25. The summed E-state index contributed by atoms with van der Waals surface area (Å²) in [4.78, 5) is 25.5. The molecule has 0 saturated carbocycles. The van der Waals surface area contributed by atoms with E-state index in [0.29, 0.717) is 31.8 Å². The van der Waals surface area contributed by atoms with Crippen LogP contribution in [0.15, 0.2) is 18.2 Å². The number of nitrogens with one attached hydrogen (secondary N) is 2. The molecule has 26 heavy (non-hydrogen) atoms. The minimum absolute atomic E-state index is 0.0703. The number of anilines is 1. The van der Waals surface area contributed by atoms with Crippen LogP contribution in [0.25, 0.3) is 0 Å². The number of nitrogens with zero attached hydrogens (tertiary/aromatic N) is 1. The maximum Gasteiger partial charge on any atom is 0.416 e. The topological polar surface area (TPSA) is 61.4 Å². The maximum atomic E-state index is 13.2. The first kappa shape index (κ1) is 18.7. The summed E-state index contributed by atoms with van der Waals surface area (Å²) in [5, 5.41) is 5.93. The van der Waals surface area contributed by atoms with Crippen LogP contribution in [0.5, 0.6) is 0 Å². The van der Waals surface area contributed by atoms with Gasteiger partial charge in [0.15, 0.2) is 0 Å². The molecule has 8 heteroatoms. The lowest BCUT2D eigenvalue weighted by Crippen LogP contribution is -2.28. The monoisotopic (exact) mass is 369 g/mol. The first-order valence-electron chi connectivity index (χ1n) is 8.86. The number of carbonyl (C=O) groups is 2. The van der Waals surface area contributed by atoms with Gasteiger partial charge < -0.3 is 15.5 Å². The minimum atomic E-state index is -4.58. The van der Waals surface area contributed by atoms with Gasteiger partial charge in [0.25, 0.3) is 5.91 Å². The Labute approximate surface area is 149 Å². The lowest BCUT2D eigenvalue weighted by Gasteiger charge is -2.19. The van der Waals surface area contributed by atoms with Crippen molar-refractivity contribution in [3.63, 3.8) is 0 Å². The molecule has 0 aromatic heterocycles. The van der Waals surface area contributed by atoms with Gasteiger partial charge in [-0.1, -0.05) is 0 Å². The van der Waals surface area contributed by atoms with E-state index < -0.39 is 17.6 Å². The number of rotatable bonds is 5. The smallest absolute Gasteiger partial charge is 0.352 e. The normalized spacial score (nSPS) is 20.7. The van der Waals surface area contributed by atoms with E-state index in [4.69, 9.17) is 0 Å². The Hall–Kier alpha value is -2.09. The number of benzene rings is 1. The number of hydrogen-bond acceptors (Lipinski definition) is 3. The van der Waals surface area contributed by atoms with Gasteiger partial charge in [-0.15, -0.1) is 0 Å². The summed E-state index contributed by atoms with van der Waals surface area (Å²) in [5.41, 5.74) is -0.855. The summed E-state index contributed by atoms with van der Waals surface area (Å²) >= 11 is 0. The molecule has 2 heterocycles. The van der Waals surface area contributed by atoms with Crippen molar-refractivity contribution in [2.24, 2.45) is 5.92 Å². The molecule has 1 aromatic carbocycles. The molecule has 0 radical (unpaired) electrons. The summed E-state index contributed by atoms with van der Waals surface area (Å²) in [6.07, 6.45) is -1.83. The van der Waals surface area contributed by atoms with Crippen molar-refractivity contribution in [3.8, 4) is 0 Å². The second kappa shape index (κ2) is 7.65. The Balaban J connectivity index is 1.75. The fourth-order valence-electron chi connectivity index (χ4n) is 3.44. The van der Waals surface area contributed by atoms with Crippen LogP contribution in [0.4, 0.5) is 18.9 Å². The van der Waals surface area contributed by atoms with Crippen molar-refractivity contribution < 1.29 is 22.8 Å². The highest BCUT2D eigenvalue weighted by molar-refractivity contribution is 5.99. The predicted molar refractivity (Wildman–Crippen MR) is 91.0 cm³/mol. The molecule has 3 rings (SSSR count). The molecular weight excluding hydrogens is 347 g/mol. The maximum absolute atomic E-state index is 13.2. The molecule has 0 spiro atoms. The van der Waals surface area contributed by atoms with E-state index in [9.17, 15) is 22.8 Å². The standard InChI is InChI=1S/C18H22F3N3O2/c19-18(20,21)14-8-13(9-15(10-14)24-7-1-2-16(24)25)17(26)23-6-4-12-3-5-22-11-12/h8-10,12,22H,1-7,11H2,(H,23,26). The third-order valence-electron chi connectivity index (χ3n) is 4.89. The molecule has 142 valence electrons. The van der Waals surface area contributed by atoms with E-state index in [0.717, 1.165) is 38.1 Å². The molecule has 1 atom stereocenters. The van der Waals surface area contributed by atoms with Gasteiger partial charge in [0, 0.05) is 30.8 Å². The summed E-state index contributed by atoms with van der Waals surface area (Å²) < 4.78 is 39.6. The van der Waals surface area contributed by atoms with E-state index in [-0.39, 0.29) is 17.2 Å². The molecule has 2 N–H and O–H groups in total. The summed E-state index contributed by atoms with van der Waals surface area (Å²) in [6, 6.07) is 3.14. The molecule has 0 aliphatic carbocycles. The van der Waals surface area contributed by atoms with Gasteiger partial charge in [-0.3, -0.25) is 9.59 Å². The van der Waals surface area contributed by atoms with Crippen LogP contribution < -0.4 is 15.5 Å². The predicted octanol–water partition coefficient (Wildman–Crippen LogP) is 2.56. The Morgan fingerprint density at radius 2 is 2.12 bits per heavy atom. The highest BCUT2D eigenvalue weighted by Crippen LogP contribution is 2.34. The van der Waals surface area contributed by atoms with Crippen LogP contribution in [-0.2, 0) is 11.0 Å². The van der Waals surface area contributed by atoms with E-state index in [1.807, 2.05) is 0 Å². The fourth-order valence-corrected chi connectivity index (χ4v) is 3.44. The lowest BCUT2D eigenvalue weighted by atomic mass is 10.0. The highest BCUT2D eigenvalue weighted by Gasteiger charge is 2.33. The third kappa shape index (κ3) is 4.35. The van der Waals surface area contributed by atoms with Gasteiger partial charge in [-0.25, -0.2) is 0 Å². The second-order valence-electron chi connectivity index (χ2n) is 6.82. The molecule has 2 aliphatic rings. The lowest BCUT2D eigenvalue weighted by molar-refractivity contribution is -0.137. The van der Waals surface area contributed by atoms with Gasteiger partial charge in [0.1, 0.15) is 0 Å². The van der Waals surface area contributed by atoms with Crippen molar-refractivity contribution in [1.82, 2.24) is 10.6 Å². The van der Waals surface area contributed by atoms with Gasteiger partial charge >= 0.3 is 6.18 Å². The van der Waals surface area contributed by atoms with Crippen molar-refractivity contribution >= 4 is 17.5 Å². The van der Waals surface area contributed by atoms with Gasteiger partial charge in [-0.2, -0.15) is 13.2 Å². The van der Waals surface area contributed by atoms with Crippen LogP contribution in [0, 0.1) is 5.92 Å². The number of carbonyl (C=O) groups excluding carboxylic acids is 2. The Bertz CT molecular complexity index is 685. The van der Waals surface area contributed by atoms with Crippen LogP contribution >= 0.6 is 0 Å². The molecule has 2 amide bonds. The number of halogens is 3. The van der Waals surface area contributed by atoms with E-state index in [1.54, 1.807) is 0 Å². The Morgan fingerprint density at radius 1 is 1.31 bits per heavy atom. The first-order chi connectivity index (χ1) is 12.3. The first-order valence-corrected chi connectivity index (χ1v) is 8.86. The minimum Gasteiger partial charge on any atom is -0.352 e. The van der Waals surface area contributed by atoms with Crippen LogP contribution in [0.1, 0.15) is 41.6 Å². The van der Waals surface area contributed by atoms with E-state index in [2.05, 4.69) is 10.6 Å². The summed E-state index contributed by atoms with van der Waals surface area (Å²) in [7, 11) is 0. The Kier molecular flexibility index (Phi) is 5.50. The third-order valence-corrected chi connectivity index (χ3v) is 4.89. The molecule has 5 nitrogen and oxygen atoms in total. The summed E-state index contributed by atoms with van der Waals surface area (Å²) in [6.45, 7) is 2.65. The molecular formula is C18H22F3N3O2. The quantitative estimate of drug-likeness (QED) is 0.839.